The van der Waals surface area contributed by atoms with E-state index in [1.165, 1.54) is 6.33 Å². The molecule has 0 aliphatic carbocycles. The zero-order chi connectivity index (χ0) is 22.3. The minimum absolute atomic E-state index is 0.00115. The van der Waals surface area contributed by atoms with Gasteiger partial charge in [0.05, 0.1) is 24.1 Å². The molecule has 0 unspecified atom stereocenters. The molecule has 32 heavy (non-hydrogen) atoms. The molecule has 2 heterocycles. The summed E-state index contributed by atoms with van der Waals surface area (Å²) in [6.07, 6.45) is 4.27. The summed E-state index contributed by atoms with van der Waals surface area (Å²) < 4.78 is 10.7. The van der Waals surface area contributed by atoms with Gasteiger partial charge in [-0.1, -0.05) is 47.6 Å². The highest BCUT2D eigenvalue weighted by molar-refractivity contribution is 5.78. The van der Waals surface area contributed by atoms with Crippen LogP contribution in [0.25, 0.3) is 22.6 Å². The molecule has 7 heteroatoms. The van der Waals surface area contributed by atoms with E-state index in [2.05, 4.69) is 20.4 Å². The number of benzene rings is 2. The molecule has 4 rings (SSSR count). The summed E-state index contributed by atoms with van der Waals surface area (Å²) in [5, 5.41) is 6.93. The van der Waals surface area contributed by atoms with Crippen LogP contribution >= 0.6 is 0 Å². The van der Waals surface area contributed by atoms with Gasteiger partial charge in [-0.3, -0.25) is 4.79 Å². The van der Waals surface area contributed by atoms with Gasteiger partial charge in [0.2, 0.25) is 5.91 Å². The van der Waals surface area contributed by atoms with Gasteiger partial charge < -0.3 is 14.6 Å². The highest BCUT2D eigenvalue weighted by Gasteiger charge is 2.13. The van der Waals surface area contributed by atoms with Crippen LogP contribution < -0.4 is 10.1 Å². The van der Waals surface area contributed by atoms with Crippen LogP contribution in [-0.2, 0) is 17.8 Å². The van der Waals surface area contributed by atoms with Gasteiger partial charge in [0, 0.05) is 30.8 Å². The highest BCUT2D eigenvalue weighted by Crippen LogP contribution is 2.30. The number of carbonyl (C=O) groups excluding carboxylic acids is 1. The SMILES string of the molecule is COc1ccccc1CCC(=O)NCc1ccc(-c2ncncc2-c2cc(C)no2)cc1. The van der Waals surface area contributed by atoms with Crippen molar-refractivity contribution in [1.29, 1.82) is 0 Å². The van der Waals surface area contributed by atoms with Gasteiger partial charge in [-0.15, -0.1) is 0 Å². The van der Waals surface area contributed by atoms with Gasteiger partial charge >= 0.3 is 0 Å². The van der Waals surface area contributed by atoms with Gasteiger partial charge in [0.15, 0.2) is 5.76 Å². The van der Waals surface area contributed by atoms with E-state index >= 15 is 0 Å². The van der Waals surface area contributed by atoms with Crippen molar-refractivity contribution in [3.05, 3.63) is 83.9 Å². The normalized spacial score (nSPS) is 10.7. The highest BCUT2D eigenvalue weighted by atomic mass is 16.5. The van der Waals surface area contributed by atoms with Crippen LogP contribution in [0.2, 0.25) is 0 Å². The minimum atomic E-state index is -0.00115. The molecule has 0 atom stereocenters. The van der Waals surface area contributed by atoms with Crippen molar-refractivity contribution in [1.82, 2.24) is 20.4 Å². The summed E-state index contributed by atoms with van der Waals surface area (Å²) in [4.78, 5) is 20.8. The zero-order valence-corrected chi connectivity index (χ0v) is 18.0. The first-order valence-corrected chi connectivity index (χ1v) is 10.4. The van der Waals surface area contributed by atoms with Gasteiger partial charge in [-0.2, -0.15) is 0 Å². The Morgan fingerprint density at radius 3 is 2.69 bits per heavy atom. The van der Waals surface area contributed by atoms with Crippen LogP contribution in [-0.4, -0.2) is 28.1 Å². The fourth-order valence-electron chi connectivity index (χ4n) is 3.46. The molecule has 7 nitrogen and oxygen atoms in total. The van der Waals surface area contributed by atoms with E-state index in [1.54, 1.807) is 13.3 Å². The number of hydrogen-bond acceptors (Lipinski definition) is 6. The van der Waals surface area contributed by atoms with Gasteiger partial charge in [0.1, 0.15) is 12.1 Å². The number of ether oxygens (including phenoxy) is 1. The number of nitrogens with one attached hydrogen (secondary N) is 1. The Balaban J connectivity index is 1.37. The molecule has 0 radical (unpaired) electrons. The number of aromatic nitrogens is 3. The number of amides is 1. The fraction of sp³-hybridized carbons (Fsp3) is 0.200. The number of nitrogens with zero attached hydrogens (tertiary/aromatic N) is 3. The third-order valence-electron chi connectivity index (χ3n) is 5.14. The predicted octanol–water partition coefficient (Wildman–Crippen LogP) is 4.36. The molecule has 0 saturated heterocycles. The smallest absolute Gasteiger partial charge is 0.220 e. The first-order valence-electron chi connectivity index (χ1n) is 10.4. The van der Waals surface area contributed by atoms with Crippen molar-refractivity contribution in [2.45, 2.75) is 26.3 Å². The number of carbonyl (C=O) groups is 1. The second kappa shape index (κ2) is 9.87. The van der Waals surface area contributed by atoms with Crippen LogP contribution in [0.5, 0.6) is 5.75 Å². The first-order chi connectivity index (χ1) is 15.6. The quantitative estimate of drug-likeness (QED) is 0.448. The van der Waals surface area contributed by atoms with E-state index in [9.17, 15) is 4.79 Å². The Bertz CT molecular complexity index is 1200. The standard InChI is InChI=1S/C25H24N4O3/c1-17-13-23(32-29-17)21-15-26-16-28-25(21)20-9-7-18(8-10-20)14-27-24(30)12-11-19-5-3-4-6-22(19)31-2/h3-10,13,15-16H,11-12,14H2,1-2H3,(H,27,30). The summed E-state index contributed by atoms with van der Waals surface area (Å²) in [7, 11) is 1.64. The van der Waals surface area contributed by atoms with Crippen LogP contribution in [0.4, 0.5) is 0 Å². The number of para-hydroxylation sites is 1. The minimum Gasteiger partial charge on any atom is -0.496 e. The third kappa shape index (κ3) is 5.00. The van der Waals surface area contributed by atoms with Gasteiger partial charge in [-0.25, -0.2) is 9.97 Å². The van der Waals surface area contributed by atoms with E-state index in [0.717, 1.165) is 39.4 Å². The maximum atomic E-state index is 12.3. The maximum absolute atomic E-state index is 12.3. The summed E-state index contributed by atoms with van der Waals surface area (Å²) in [5.41, 5.74) is 5.31. The Kier molecular flexibility index (Phi) is 6.55. The lowest BCUT2D eigenvalue weighted by Crippen LogP contribution is -2.23. The average molecular weight is 428 g/mol. The van der Waals surface area contributed by atoms with Crippen molar-refractivity contribution < 1.29 is 14.1 Å². The van der Waals surface area contributed by atoms with Crippen LogP contribution in [0.1, 0.15) is 23.2 Å². The summed E-state index contributed by atoms with van der Waals surface area (Å²) in [6.45, 7) is 2.33. The fourth-order valence-corrected chi connectivity index (χ4v) is 3.46. The molecule has 0 saturated carbocycles. The lowest BCUT2D eigenvalue weighted by molar-refractivity contribution is -0.121. The molecule has 0 bridgehead atoms. The molecular weight excluding hydrogens is 404 g/mol. The molecule has 0 fully saturated rings. The summed E-state index contributed by atoms with van der Waals surface area (Å²) in [5.74, 6) is 1.43. The van der Waals surface area contributed by atoms with Crippen LogP contribution in [0.3, 0.4) is 0 Å². The number of methoxy groups -OCH3 is 1. The van der Waals surface area contributed by atoms with Crippen molar-refractivity contribution in [2.24, 2.45) is 0 Å². The Morgan fingerprint density at radius 2 is 1.94 bits per heavy atom. The topological polar surface area (TPSA) is 90.1 Å². The number of hydrogen-bond donors (Lipinski definition) is 1. The number of rotatable bonds is 8. The lowest BCUT2D eigenvalue weighted by Gasteiger charge is -2.09. The van der Waals surface area contributed by atoms with Crippen molar-refractivity contribution in [3.63, 3.8) is 0 Å². The molecule has 2 aromatic carbocycles. The third-order valence-corrected chi connectivity index (χ3v) is 5.14. The summed E-state index contributed by atoms with van der Waals surface area (Å²) >= 11 is 0. The first kappa shape index (κ1) is 21.2. The van der Waals surface area contributed by atoms with E-state index in [0.29, 0.717) is 25.1 Å². The molecule has 2 aromatic heterocycles. The average Bonchev–Trinajstić information content (AvgIpc) is 3.28. The molecule has 1 amide bonds. The van der Waals surface area contributed by atoms with E-state index in [1.807, 2.05) is 61.5 Å². The largest absolute Gasteiger partial charge is 0.496 e. The van der Waals surface area contributed by atoms with Gasteiger partial charge in [0.25, 0.3) is 0 Å². The van der Waals surface area contributed by atoms with E-state index < -0.39 is 0 Å². The number of aryl methyl sites for hydroxylation is 2. The maximum Gasteiger partial charge on any atom is 0.220 e. The molecule has 1 N–H and O–H groups in total. The van der Waals surface area contributed by atoms with E-state index in [4.69, 9.17) is 9.26 Å². The van der Waals surface area contributed by atoms with Crippen LogP contribution in [0.15, 0.2) is 71.6 Å². The van der Waals surface area contributed by atoms with Crippen LogP contribution in [0, 0.1) is 6.92 Å². The molecule has 4 aromatic rings. The second-order valence-electron chi connectivity index (χ2n) is 7.40. The Hall–Kier alpha value is -4.00. The second-order valence-corrected chi connectivity index (χ2v) is 7.40. The lowest BCUT2D eigenvalue weighted by atomic mass is 10.0. The predicted molar refractivity (Wildman–Crippen MR) is 121 cm³/mol. The Labute approximate surface area is 186 Å². The monoisotopic (exact) mass is 428 g/mol. The van der Waals surface area contributed by atoms with Crippen molar-refractivity contribution in [2.75, 3.05) is 7.11 Å². The van der Waals surface area contributed by atoms with Crippen molar-refractivity contribution in [3.8, 4) is 28.3 Å². The van der Waals surface area contributed by atoms with Crippen molar-refractivity contribution >= 4 is 5.91 Å². The molecular formula is C25H24N4O3. The van der Waals surface area contributed by atoms with E-state index in [-0.39, 0.29) is 5.91 Å². The molecule has 0 aliphatic rings. The molecule has 0 aliphatic heterocycles. The summed E-state index contributed by atoms with van der Waals surface area (Å²) in [6, 6.07) is 17.5. The molecule has 0 spiro atoms. The Morgan fingerprint density at radius 1 is 1.12 bits per heavy atom. The van der Waals surface area contributed by atoms with Gasteiger partial charge in [-0.05, 0) is 30.5 Å². The molecule has 162 valence electrons. The zero-order valence-electron chi connectivity index (χ0n) is 18.0.